The van der Waals surface area contributed by atoms with E-state index in [0.29, 0.717) is 52.2 Å². The molecule has 8 aromatic rings. The Morgan fingerprint density at radius 2 is 0.882 bits per heavy atom. The van der Waals surface area contributed by atoms with E-state index in [-0.39, 0.29) is 0 Å². The van der Waals surface area contributed by atoms with Crippen LogP contribution in [0.1, 0.15) is 22.5 Å². The van der Waals surface area contributed by atoms with Crippen molar-refractivity contribution in [3.05, 3.63) is 144 Å². The van der Waals surface area contributed by atoms with E-state index in [4.69, 9.17) is 18.9 Å². The summed E-state index contributed by atoms with van der Waals surface area (Å²) in [6, 6.07) is 34.7. The summed E-state index contributed by atoms with van der Waals surface area (Å²) in [6.07, 6.45) is 2.96. The quantitative estimate of drug-likeness (QED) is 0.148. The minimum Gasteiger partial charge on any atom is -0.457 e. The first-order chi connectivity index (χ1) is 24.8. The standard InChI is InChI=1S/C41H32N6O4/c1-25-15-27(3)45-39(17-25)50-31-9-5-7-29(19-31)48-33-11-13-35-36-14-12-34(22-38(36)47(37(35)21-33)41-43-23-42-24-44-41)49-30-8-6-10-32(20-30)51-40-18-26(2)16-28(4)46-40/h5-24H,1-4H3. The van der Waals surface area contributed by atoms with Crippen molar-refractivity contribution < 1.29 is 18.9 Å². The minimum atomic E-state index is 0.465. The Bertz CT molecular complexity index is 2350. The predicted octanol–water partition coefficient (Wildman–Crippen LogP) is 10.2. The van der Waals surface area contributed by atoms with Crippen LogP contribution in [0, 0.1) is 27.7 Å². The third kappa shape index (κ3) is 6.88. The molecule has 0 radical (unpaired) electrons. The van der Waals surface area contributed by atoms with Gasteiger partial charge in [-0.3, -0.25) is 4.57 Å². The molecule has 51 heavy (non-hydrogen) atoms. The second kappa shape index (κ2) is 13.2. The lowest BCUT2D eigenvalue weighted by Crippen LogP contribution is -2.01. The molecule has 8 rings (SSSR count). The van der Waals surface area contributed by atoms with Crippen molar-refractivity contribution in [1.29, 1.82) is 0 Å². The lowest BCUT2D eigenvalue weighted by molar-refractivity contribution is 0.447. The van der Waals surface area contributed by atoms with Crippen LogP contribution in [0.15, 0.2) is 122 Å². The van der Waals surface area contributed by atoms with Crippen molar-refractivity contribution in [3.63, 3.8) is 0 Å². The molecular weight excluding hydrogens is 640 g/mol. The molecule has 0 aliphatic rings. The van der Waals surface area contributed by atoms with Crippen LogP contribution < -0.4 is 18.9 Å². The molecule has 0 fully saturated rings. The smallest absolute Gasteiger partial charge is 0.237 e. The van der Waals surface area contributed by atoms with Crippen LogP contribution in [0.5, 0.6) is 46.3 Å². The third-order valence-corrected chi connectivity index (χ3v) is 8.07. The minimum absolute atomic E-state index is 0.465. The molecule has 4 aromatic heterocycles. The zero-order chi connectivity index (χ0) is 34.9. The average molecular weight is 673 g/mol. The van der Waals surface area contributed by atoms with Crippen LogP contribution in [-0.4, -0.2) is 29.5 Å². The maximum atomic E-state index is 6.36. The summed E-state index contributed by atoms with van der Waals surface area (Å²) in [5.74, 6) is 5.28. The zero-order valence-electron chi connectivity index (χ0n) is 28.4. The van der Waals surface area contributed by atoms with Crippen molar-refractivity contribution in [2.75, 3.05) is 0 Å². The summed E-state index contributed by atoms with van der Waals surface area (Å²) in [6.45, 7) is 7.92. The van der Waals surface area contributed by atoms with Crippen LogP contribution >= 0.6 is 0 Å². The molecule has 0 aliphatic carbocycles. The average Bonchev–Trinajstić information content (AvgIpc) is 3.41. The van der Waals surface area contributed by atoms with Gasteiger partial charge in [0, 0.05) is 58.6 Å². The molecule has 0 unspecified atom stereocenters. The van der Waals surface area contributed by atoms with E-state index in [1.54, 1.807) is 0 Å². The van der Waals surface area contributed by atoms with Gasteiger partial charge in [-0.1, -0.05) is 12.1 Å². The summed E-state index contributed by atoms with van der Waals surface area (Å²) >= 11 is 0. The Morgan fingerprint density at radius 3 is 1.33 bits per heavy atom. The van der Waals surface area contributed by atoms with Gasteiger partial charge in [-0.05, 0) is 99.5 Å². The van der Waals surface area contributed by atoms with Crippen LogP contribution in [-0.2, 0) is 0 Å². The van der Waals surface area contributed by atoms with E-state index in [0.717, 1.165) is 44.3 Å². The fourth-order valence-electron chi connectivity index (χ4n) is 6.10. The molecule has 0 saturated carbocycles. The van der Waals surface area contributed by atoms with Gasteiger partial charge in [0.2, 0.25) is 17.7 Å². The molecule has 0 amide bonds. The largest absolute Gasteiger partial charge is 0.457 e. The number of ether oxygens (including phenoxy) is 4. The molecule has 0 aliphatic heterocycles. The normalized spacial score (nSPS) is 11.1. The maximum absolute atomic E-state index is 6.36. The number of hydrogen-bond acceptors (Lipinski definition) is 9. The molecule has 10 nitrogen and oxygen atoms in total. The maximum Gasteiger partial charge on any atom is 0.237 e. The molecule has 0 saturated heterocycles. The Labute approximate surface area is 294 Å². The first kappa shape index (κ1) is 31.5. The van der Waals surface area contributed by atoms with Gasteiger partial charge < -0.3 is 18.9 Å². The third-order valence-electron chi connectivity index (χ3n) is 8.07. The monoisotopic (exact) mass is 672 g/mol. The highest BCUT2D eigenvalue weighted by atomic mass is 16.5. The van der Waals surface area contributed by atoms with Gasteiger partial charge in [-0.25, -0.2) is 24.9 Å². The highest BCUT2D eigenvalue weighted by Crippen LogP contribution is 2.38. The first-order valence-electron chi connectivity index (χ1n) is 16.4. The highest BCUT2D eigenvalue weighted by molar-refractivity contribution is 6.09. The molecule has 0 atom stereocenters. The lowest BCUT2D eigenvalue weighted by Gasteiger charge is -2.11. The Hall–Kier alpha value is -6.81. The number of fused-ring (bicyclic) bond motifs is 3. The summed E-state index contributed by atoms with van der Waals surface area (Å²) in [5.41, 5.74) is 5.65. The SMILES string of the molecule is Cc1cc(C)nc(Oc2cccc(Oc3ccc4c5ccc(Oc6cccc(Oc7cc(C)cc(C)n7)c6)cc5n(-c5ncncn5)c4c3)c2)c1. The van der Waals surface area contributed by atoms with Crippen molar-refractivity contribution in [1.82, 2.24) is 29.5 Å². The van der Waals surface area contributed by atoms with Crippen molar-refractivity contribution in [2.24, 2.45) is 0 Å². The van der Waals surface area contributed by atoms with Gasteiger partial charge in [0.05, 0.1) is 11.0 Å². The van der Waals surface area contributed by atoms with Gasteiger partial charge >= 0.3 is 0 Å². The fourth-order valence-corrected chi connectivity index (χ4v) is 6.10. The van der Waals surface area contributed by atoms with E-state index < -0.39 is 0 Å². The van der Waals surface area contributed by atoms with E-state index in [1.807, 2.05) is 141 Å². The number of rotatable bonds is 9. The number of benzene rings is 4. The molecule has 4 aromatic carbocycles. The zero-order valence-corrected chi connectivity index (χ0v) is 28.4. The van der Waals surface area contributed by atoms with E-state index >= 15 is 0 Å². The second-order valence-corrected chi connectivity index (χ2v) is 12.2. The first-order valence-corrected chi connectivity index (χ1v) is 16.4. The van der Waals surface area contributed by atoms with Crippen molar-refractivity contribution in [3.8, 4) is 52.2 Å². The molecule has 0 spiro atoms. The van der Waals surface area contributed by atoms with E-state index in [1.165, 1.54) is 12.7 Å². The van der Waals surface area contributed by atoms with Gasteiger partial charge in [0.15, 0.2) is 0 Å². The summed E-state index contributed by atoms with van der Waals surface area (Å²) in [4.78, 5) is 22.0. The number of aryl methyl sites for hydroxylation is 4. The Balaban J connectivity index is 1.11. The van der Waals surface area contributed by atoms with E-state index in [2.05, 4.69) is 24.9 Å². The van der Waals surface area contributed by atoms with Gasteiger partial charge in [0.25, 0.3) is 0 Å². The lowest BCUT2D eigenvalue weighted by atomic mass is 10.1. The Morgan fingerprint density at radius 1 is 0.451 bits per heavy atom. The fraction of sp³-hybridized carbons (Fsp3) is 0.0976. The number of nitrogens with zero attached hydrogens (tertiary/aromatic N) is 6. The number of aromatic nitrogens is 6. The van der Waals surface area contributed by atoms with Crippen LogP contribution in [0.3, 0.4) is 0 Å². The molecule has 250 valence electrons. The molecular formula is C41H32N6O4. The van der Waals surface area contributed by atoms with Gasteiger partial charge in [-0.2, -0.15) is 0 Å². The second-order valence-electron chi connectivity index (χ2n) is 12.2. The predicted molar refractivity (Wildman–Crippen MR) is 195 cm³/mol. The molecule has 0 N–H and O–H groups in total. The summed E-state index contributed by atoms with van der Waals surface area (Å²) in [5, 5.41) is 2.00. The van der Waals surface area contributed by atoms with E-state index in [9.17, 15) is 0 Å². The van der Waals surface area contributed by atoms with Crippen molar-refractivity contribution in [2.45, 2.75) is 27.7 Å². The topological polar surface area (TPSA) is 106 Å². The highest BCUT2D eigenvalue weighted by Gasteiger charge is 2.17. The van der Waals surface area contributed by atoms with Gasteiger partial charge in [-0.15, -0.1) is 0 Å². The molecule has 10 heteroatoms. The summed E-state index contributed by atoms with van der Waals surface area (Å²) in [7, 11) is 0. The van der Waals surface area contributed by atoms with Crippen LogP contribution in [0.4, 0.5) is 0 Å². The number of hydrogen-bond donors (Lipinski definition) is 0. The van der Waals surface area contributed by atoms with Crippen LogP contribution in [0.2, 0.25) is 0 Å². The Kier molecular flexibility index (Phi) is 8.17. The van der Waals surface area contributed by atoms with Gasteiger partial charge in [0.1, 0.15) is 47.2 Å². The van der Waals surface area contributed by atoms with Crippen LogP contribution in [0.25, 0.3) is 27.8 Å². The van der Waals surface area contributed by atoms with Crippen molar-refractivity contribution >= 4 is 21.8 Å². The summed E-state index contributed by atoms with van der Waals surface area (Å²) < 4.78 is 26.8. The molecule has 0 bridgehead atoms. The number of pyridine rings is 2. The molecule has 4 heterocycles.